The molecule has 1 aromatic heterocycles. The van der Waals surface area contributed by atoms with Crippen molar-refractivity contribution in [1.29, 1.82) is 0 Å². The van der Waals surface area contributed by atoms with Crippen LogP contribution >= 0.6 is 46.1 Å². The van der Waals surface area contributed by atoms with Gasteiger partial charge in [-0.05, 0) is 43.4 Å². The van der Waals surface area contributed by atoms with E-state index >= 15 is 0 Å². The highest BCUT2D eigenvalue weighted by molar-refractivity contribution is 7.16. The van der Waals surface area contributed by atoms with E-state index in [2.05, 4.69) is 10.6 Å². The van der Waals surface area contributed by atoms with Crippen molar-refractivity contribution in [2.45, 2.75) is 35.6 Å². The Morgan fingerprint density at radius 3 is 2.53 bits per heavy atom. The van der Waals surface area contributed by atoms with E-state index in [9.17, 15) is 9.59 Å². The normalized spacial score (nSPS) is 14.4. The third kappa shape index (κ3) is 5.72. The molecular weight excluding hydrogens is 471 g/mol. The number of aryl methyl sites for hydroxylation is 1. The number of rotatable bonds is 7. The van der Waals surface area contributed by atoms with Crippen LogP contribution in [0.5, 0.6) is 5.75 Å². The van der Waals surface area contributed by atoms with Gasteiger partial charge < -0.3 is 20.1 Å². The van der Waals surface area contributed by atoms with E-state index in [0.717, 1.165) is 36.1 Å². The molecule has 1 amide bonds. The Bertz CT molecular complexity index is 899. The molecule has 0 bridgehead atoms. The molecule has 0 fully saturated rings. The Labute approximate surface area is 193 Å². The van der Waals surface area contributed by atoms with Gasteiger partial charge in [0.2, 0.25) is 3.79 Å². The van der Waals surface area contributed by atoms with E-state index in [1.165, 1.54) is 18.4 Å². The summed E-state index contributed by atoms with van der Waals surface area (Å²) in [5.74, 6) is -0.396. The quantitative estimate of drug-likeness (QED) is 0.333. The van der Waals surface area contributed by atoms with Crippen molar-refractivity contribution in [2.24, 2.45) is 0 Å². The number of methoxy groups -OCH3 is 1. The van der Waals surface area contributed by atoms with E-state index in [1.54, 1.807) is 24.3 Å². The van der Waals surface area contributed by atoms with Crippen LogP contribution in [0.15, 0.2) is 30.3 Å². The molecule has 0 aliphatic heterocycles. The number of fused-ring (bicyclic) bond motifs is 1. The lowest BCUT2D eigenvalue weighted by atomic mass is 9.95. The van der Waals surface area contributed by atoms with E-state index in [0.29, 0.717) is 16.3 Å². The molecule has 30 heavy (non-hydrogen) atoms. The molecule has 1 atom stereocenters. The van der Waals surface area contributed by atoms with Gasteiger partial charge in [-0.3, -0.25) is 4.79 Å². The zero-order chi connectivity index (χ0) is 21.7. The first-order valence-corrected chi connectivity index (χ1v) is 11.3. The van der Waals surface area contributed by atoms with Crippen molar-refractivity contribution in [3.63, 3.8) is 0 Å². The van der Waals surface area contributed by atoms with Gasteiger partial charge in [-0.1, -0.05) is 53.0 Å². The number of para-hydroxylation sites is 1. The van der Waals surface area contributed by atoms with Crippen molar-refractivity contribution < 1.29 is 19.1 Å². The standard InChI is InChI=1S/C20H21Cl3N2O4S/c1-28-18(27)16-13-9-5-6-10-14(13)30-17(16)25-19(20(21,22)23)24-15(26)11-29-12-7-3-2-4-8-12/h2-4,7-8,19,25H,5-6,9-11H2,1H3,(H,24,26). The van der Waals surface area contributed by atoms with Crippen LogP contribution in [0.4, 0.5) is 5.00 Å². The largest absolute Gasteiger partial charge is 0.484 e. The number of thiophene rings is 1. The summed E-state index contributed by atoms with van der Waals surface area (Å²) in [6.07, 6.45) is 2.62. The number of anilines is 1. The second-order valence-electron chi connectivity index (χ2n) is 6.69. The number of nitrogens with one attached hydrogen (secondary N) is 2. The summed E-state index contributed by atoms with van der Waals surface area (Å²) in [4.78, 5) is 25.9. The molecule has 1 heterocycles. The van der Waals surface area contributed by atoms with Gasteiger partial charge in [-0.2, -0.15) is 0 Å². The maximum absolute atomic E-state index is 12.4. The third-order valence-electron chi connectivity index (χ3n) is 4.58. The highest BCUT2D eigenvalue weighted by atomic mass is 35.6. The smallest absolute Gasteiger partial charge is 0.341 e. The molecule has 1 aliphatic rings. The zero-order valence-electron chi connectivity index (χ0n) is 16.2. The Morgan fingerprint density at radius 1 is 1.17 bits per heavy atom. The maximum atomic E-state index is 12.4. The Kier molecular flexibility index (Phi) is 7.74. The average molecular weight is 492 g/mol. The second-order valence-corrected chi connectivity index (χ2v) is 10.2. The predicted molar refractivity (Wildman–Crippen MR) is 120 cm³/mol. The number of hydrogen-bond donors (Lipinski definition) is 2. The summed E-state index contributed by atoms with van der Waals surface area (Å²) < 4.78 is 8.52. The lowest BCUT2D eigenvalue weighted by Gasteiger charge is -2.27. The van der Waals surface area contributed by atoms with E-state index in [4.69, 9.17) is 44.3 Å². The molecule has 0 radical (unpaired) electrons. The molecule has 2 aromatic rings. The number of ether oxygens (including phenoxy) is 2. The SMILES string of the molecule is COC(=O)c1c(NC(NC(=O)COc2ccccc2)C(Cl)(Cl)Cl)sc2c1CCCC2. The van der Waals surface area contributed by atoms with Crippen molar-refractivity contribution in [3.8, 4) is 5.75 Å². The number of carbonyl (C=O) groups excluding carboxylic acids is 2. The molecular formula is C20H21Cl3N2O4S. The molecule has 1 unspecified atom stereocenters. The van der Waals surface area contributed by atoms with Crippen LogP contribution in [0.25, 0.3) is 0 Å². The van der Waals surface area contributed by atoms with Crippen LogP contribution in [0.2, 0.25) is 0 Å². The molecule has 6 nitrogen and oxygen atoms in total. The summed E-state index contributed by atoms with van der Waals surface area (Å²) in [6, 6.07) is 8.90. The zero-order valence-corrected chi connectivity index (χ0v) is 19.3. The van der Waals surface area contributed by atoms with Gasteiger partial charge >= 0.3 is 5.97 Å². The third-order valence-corrected chi connectivity index (χ3v) is 6.46. The Balaban J connectivity index is 1.76. The van der Waals surface area contributed by atoms with Crippen molar-refractivity contribution in [3.05, 3.63) is 46.3 Å². The Hall–Kier alpha value is -1.67. The van der Waals surface area contributed by atoms with E-state index in [1.807, 2.05) is 6.07 Å². The first-order valence-electron chi connectivity index (χ1n) is 9.33. The van der Waals surface area contributed by atoms with Gasteiger partial charge in [0.25, 0.3) is 5.91 Å². The average Bonchev–Trinajstić information content (AvgIpc) is 3.09. The molecule has 0 saturated carbocycles. The molecule has 1 aromatic carbocycles. The fraction of sp³-hybridized carbons (Fsp3) is 0.400. The second kappa shape index (κ2) is 10.1. The molecule has 2 N–H and O–H groups in total. The summed E-state index contributed by atoms with van der Waals surface area (Å²) in [5.41, 5.74) is 1.40. The number of carbonyl (C=O) groups is 2. The van der Waals surface area contributed by atoms with Crippen LogP contribution in [0, 0.1) is 0 Å². The minimum Gasteiger partial charge on any atom is -0.484 e. The van der Waals surface area contributed by atoms with Gasteiger partial charge in [-0.15, -0.1) is 11.3 Å². The highest BCUT2D eigenvalue weighted by Gasteiger charge is 2.36. The van der Waals surface area contributed by atoms with Gasteiger partial charge in [0.05, 0.1) is 12.7 Å². The van der Waals surface area contributed by atoms with Crippen LogP contribution < -0.4 is 15.4 Å². The molecule has 10 heteroatoms. The minimum absolute atomic E-state index is 0.256. The molecule has 1 aliphatic carbocycles. The number of benzene rings is 1. The summed E-state index contributed by atoms with van der Waals surface area (Å²) in [6.45, 7) is -0.256. The maximum Gasteiger partial charge on any atom is 0.341 e. The number of halogens is 3. The number of alkyl halides is 3. The topological polar surface area (TPSA) is 76.7 Å². The molecule has 162 valence electrons. The van der Waals surface area contributed by atoms with Crippen LogP contribution in [0.1, 0.15) is 33.6 Å². The summed E-state index contributed by atoms with van der Waals surface area (Å²) >= 11 is 19.7. The van der Waals surface area contributed by atoms with Gasteiger partial charge in [0.15, 0.2) is 6.61 Å². The van der Waals surface area contributed by atoms with Gasteiger partial charge in [-0.25, -0.2) is 4.79 Å². The van der Waals surface area contributed by atoms with Crippen molar-refractivity contribution in [1.82, 2.24) is 5.32 Å². The number of esters is 1. The molecule has 0 spiro atoms. The molecule has 3 rings (SSSR count). The van der Waals surface area contributed by atoms with E-state index in [-0.39, 0.29) is 6.61 Å². The predicted octanol–water partition coefficient (Wildman–Crippen LogP) is 4.72. The van der Waals surface area contributed by atoms with Crippen LogP contribution in [-0.4, -0.2) is 35.6 Å². The number of amides is 1. The minimum atomic E-state index is -1.87. The fourth-order valence-electron chi connectivity index (χ4n) is 3.18. The lowest BCUT2D eigenvalue weighted by Crippen LogP contribution is -2.50. The van der Waals surface area contributed by atoms with Crippen molar-refractivity contribution >= 4 is 63.0 Å². The molecule has 0 saturated heterocycles. The first-order chi connectivity index (χ1) is 14.3. The fourth-order valence-corrected chi connectivity index (χ4v) is 4.82. The first kappa shape index (κ1) is 23.0. The van der Waals surface area contributed by atoms with Gasteiger partial charge in [0, 0.05) is 4.88 Å². The van der Waals surface area contributed by atoms with E-state index < -0.39 is 21.8 Å². The number of hydrogen-bond acceptors (Lipinski definition) is 6. The summed E-state index contributed by atoms with van der Waals surface area (Å²) in [7, 11) is 1.33. The van der Waals surface area contributed by atoms with Gasteiger partial charge in [0.1, 0.15) is 16.9 Å². The van der Waals surface area contributed by atoms with Crippen LogP contribution in [0.3, 0.4) is 0 Å². The Morgan fingerprint density at radius 2 is 1.87 bits per heavy atom. The van der Waals surface area contributed by atoms with Crippen molar-refractivity contribution in [2.75, 3.05) is 19.0 Å². The summed E-state index contributed by atoms with van der Waals surface area (Å²) in [5, 5.41) is 6.16. The monoisotopic (exact) mass is 490 g/mol. The lowest BCUT2D eigenvalue weighted by molar-refractivity contribution is -0.123. The highest BCUT2D eigenvalue weighted by Crippen LogP contribution is 2.40. The van der Waals surface area contributed by atoms with Crippen LogP contribution in [-0.2, 0) is 22.4 Å².